The van der Waals surface area contributed by atoms with E-state index in [4.69, 9.17) is 11.6 Å². The normalized spacial score (nSPS) is 11.0. The van der Waals surface area contributed by atoms with Gasteiger partial charge in [0.2, 0.25) is 0 Å². The lowest BCUT2D eigenvalue weighted by molar-refractivity contribution is 0.620. The van der Waals surface area contributed by atoms with Gasteiger partial charge in [-0.1, -0.05) is 78.3 Å². The van der Waals surface area contributed by atoms with Crippen molar-refractivity contribution >= 4 is 22.4 Å². The summed E-state index contributed by atoms with van der Waals surface area (Å²) < 4.78 is 15.1. The van der Waals surface area contributed by atoms with Crippen LogP contribution < -0.4 is 0 Å². The Balaban J connectivity index is 1.54. The molecule has 4 aromatic rings. The number of allylic oxidation sites excluding steroid dienone is 1. The summed E-state index contributed by atoms with van der Waals surface area (Å²) in [5.41, 5.74) is 5.45. The number of hydrogen-bond acceptors (Lipinski definition) is 0. The smallest absolute Gasteiger partial charge is 0.134 e. The summed E-state index contributed by atoms with van der Waals surface area (Å²) in [4.78, 5) is 0. The average Bonchev–Trinajstić information content (AvgIpc) is 2.78. The van der Waals surface area contributed by atoms with Crippen molar-refractivity contribution < 1.29 is 4.39 Å². The molecule has 0 aliphatic carbocycles. The van der Waals surface area contributed by atoms with Crippen LogP contribution in [0.4, 0.5) is 4.39 Å². The van der Waals surface area contributed by atoms with E-state index >= 15 is 4.39 Å². The lowest BCUT2D eigenvalue weighted by Crippen LogP contribution is -1.96. The van der Waals surface area contributed by atoms with Crippen molar-refractivity contribution in [1.82, 2.24) is 0 Å². The van der Waals surface area contributed by atoms with Crippen LogP contribution in [0.15, 0.2) is 91.5 Å². The molecule has 4 aromatic carbocycles. The second-order valence-electron chi connectivity index (χ2n) is 7.63. The fourth-order valence-electron chi connectivity index (χ4n) is 3.77. The van der Waals surface area contributed by atoms with E-state index in [1.165, 1.54) is 5.56 Å². The molecular weight excluding hydrogens is 391 g/mol. The van der Waals surface area contributed by atoms with Gasteiger partial charge in [0.25, 0.3) is 0 Å². The monoisotopic (exact) mass is 414 g/mol. The van der Waals surface area contributed by atoms with Crippen LogP contribution in [0.1, 0.15) is 23.1 Å². The minimum Gasteiger partial charge on any atom is -0.206 e. The molecule has 0 saturated carbocycles. The van der Waals surface area contributed by atoms with E-state index in [0.29, 0.717) is 11.8 Å². The molecule has 0 nitrogen and oxygen atoms in total. The molecular formula is C28H24ClF. The van der Waals surface area contributed by atoms with Crippen LogP contribution in [-0.2, 0) is 19.3 Å². The first-order chi connectivity index (χ1) is 14.6. The number of rotatable bonds is 7. The van der Waals surface area contributed by atoms with Gasteiger partial charge in [-0.3, -0.25) is 0 Å². The number of aryl methyl sites for hydroxylation is 3. The molecule has 0 aromatic heterocycles. The Hall–Kier alpha value is -2.90. The SMILES string of the molecule is C=CCCc1ccc(-c2ccc3c(F)c(CCc4ccc(Cl)cc4)ccc3c2)cc1. The highest BCUT2D eigenvalue weighted by Gasteiger charge is 2.09. The Bertz CT molecular complexity index is 1160. The third kappa shape index (κ3) is 4.63. The van der Waals surface area contributed by atoms with Crippen LogP contribution in [0.5, 0.6) is 0 Å². The molecule has 0 N–H and O–H groups in total. The van der Waals surface area contributed by atoms with Crippen LogP contribution in [0.2, 0.25) is 5.02 Å². The molecule has 0 fully saturated rings. The fourth-order valence-corrected chi connectivity index (χ4v) is 3.90. The number of halogens is 2. The van der Waals surface area contributed by atoms with Crippen LogP contribution in [-0.4, -0.2) is 0 Å². The molecule has 30 heavy (non-hydrogen) atoms. The third-order valence-corrected chi connectivity index (χ3v) is 5.81. The van der Waals surface area contributed by atoms with Gasteiger partial charge in [-0.15, -0.1) is 6.58 Å². The van der Waals surface area contributed by atoms with Crippen molar-refractivity contribution in [1.29, 1.82) is 0 Å². The van der Waals surface area contributed by atoms with Gasteiger partial charge in [0, 0.05) is 10.4 Å². The maximum Gasteiger partial charge on any atom is 0.134 e. The lowest BCUT2D eigenvalue weighted by Gasteiger charge is -2.10. The Morgan fingerprint density at radius 1 is 0.733 bits per heavy atom. The molecule has 0 heterocycles. The summed E-state index contributed by atoms with van der Waals surface area (Å²) in [6, 6.07) is 26.2. The molecule has 0 atom stereocenters. The van der Waals surface area contributed by atoms with Crippen LogP contribution in [0, 0.1) is 5.82 Å². The summed E-state index contributed by atoms with van der Waals surface area (Å²) in [6.07, 6.45) is 5.38. The highest BCUT2D eigenvalue weighted by atomic mass is 35.5. The largest absolute Gasteiger partial charge is 0.206 e. The van der Waals surface area contributed by atoms with Crippen molar-refractivity contribution in [2.75, 3.05) is 0 Å². The molecule has 0 unspecified atom stereocenters. The van der Waals surface area contributed by atoms with Gasteiger partial charge < -0.3 is 0 Å². The Kier molecular flexibility index (Phi) is 6.30. The topological polar surface area (TPSA) is 0 Å². The highest BCUT2D eigenvalue weighted by Crippen LogP contribution is 2.28. The third-order valence-electron chi connectivity index (χ3n) is 5.55. The van der Waals surface area contributed by atoms with Gasteiger partial charge in [-0.05, 0) is 77.1 Å². The van der Waals surface area contributed by atoms with Crippen molar-refractivity contribution in [2.45, 2.75) is 25.7 Å². The van der Waals surface area contributed by atoms with E-state index in [1.54, 1.807) is 0 Å². The second-order valence-corrected chi connectivity index (χ2v) is 8.06. The minimum absolute atomic E-state index is 0.118. The molecule has 0 aliphatic rings. The van der Waals surface area contributed by atoms with Crippen molar-refractivity contribution in [3.63, 3.8) is 0 Å². The van der Waals surface area contributed by atoms with E-state index in [2.05, 4.69) is 36.9 Å². The Morgan fingerprint density at radius 3 is 2.13 bits per heavy atom. The molecule has 4 rings (SSSR count). The molecule has 0 bridgehead atoms. The number of fused-ring (bicyclic) bond motifs is 1. The van der Waals surface area contributed by atoms with E-state index in [-0.39, 0.29) is 5.82 Å². The highest BCUT2D eigenvalue weighted by molar-refractivity contribution is 6.30. The van der Waals surface area contributed by atoms with E-state index < -0.39 is 0 Å². The number of benzene rings is 4. The van der Waals surface area contributed by atoms with Gasteiger partial charge in [-0.2, -0.15) is 0 Å². The van der Waals surface area contributed by atoms with Crippen molar-refractivity contribution in [2.24, 2.45) is 0 Å². The van der Waals surface area contributed by atoms with Crippen LogP contribution >= 0.6 is 11.6 Å². The molecule has 0 spiro atoms. The average molecular weight is 415 g/mol. The van der Waals surface area contributed by atoms with Crippen LogP contribution in [0.25, 0.3) is 21.9 Å². The summed E-state index contributed by atoms with van der Waals surface area (Å²) in [5.74, 6) is -0.118. The van der Waals surface area contributed by atoms with Crippen LogP contribution in [0.3, 0.4) is 0 Å². The molecule has 0 amide bonds. The molecule has 0 saturated heterocycles. The first kappa shape index (κ1) is 20.4. The van der Waals surface area contributed by atoms with Crippen molar-refractivity contribution in [3.05, 3.63) is 119 Å². The number of hydrogen-bond donors (Lipinski definition) is 0. The molecule has 0 aliphatic heterocycles. The molecule has 150 valence electrons. The quantitative estimate of drug-likeness (QED) is 0.267. The summed E-state index contributed by atoms with van der Waals surface area (Å²) >= 11 is 5.94. The zero-order chi connectivity index (χ0) is 20.9. The maximum absolute atomic E-state index is 15.1. The standard InChI is InChI=1S/C28H24ClF/c1-2-3-4-20-5-10-22(11-6-20)24-15-18-27-25(19-24)14-13-23(28(27)30)12-7-21-8-16-26(29)17-9-21/h2,5-6,8-11,13-19H,1,3-4,7,12H2. The Labute approximate surface area is 182 Å². The van der Waals surface area contributed by atoms with E-state index in [9.17, 15) is 0 Å². The first-order valence-electron chi connectivity index (χ1n) is 10.3. The molecule has 2 heteroatoms. The summed E-state index contributed by atoms with van der Waals surface area (Å²) in [5, 5.41) is 2.32. The fraction of sp³-hybridized carbons (Fsp3) is 0.143. The summed E-state index contributed by atoms with van der Waals surface area (Å²) in [6.45, 7) is 3.78. The predicted octanol–water partition coefficient (Wildman–Crippen LogP) is 8.20. The maximum atomic E-state index is 15.1. The van der Waals surface area contributed by atoms with Gasteiger partial charge in [0.05, 0.1) is 0 Å². The minimum atomic E-state index is -0.118. The lowest BCUT2D eigenvalue weighted by atomic mass is 9.96. The predicted molar refractivity (Wildman–Crippen MR) is 127 cm³/mol. The first-order valence-corrected chi connectivity index (χ1v) is 10.7. The van der Waals surface area contributed by atoms with Gasteiger partial charge in [-0.25, -0.2) is 4.39 Å². The zero-order valence-electron chi connectivity index (χ0n) is 16.9. The van der Waals surface area contributed by atoms with E-state index in [0.717, 1.165) is 51.9 Å². The Morgan fingerprint density at radius 2 is 1.40 bits per heavy atom. The molecule has 0 radical (unpaired) electrons. The van der Waals surface area contributed by atoms with Gasteiger partial charge in [0.1, 0.15) is 5.82 Å². The van der Waals surface area contributed by atoms with Gasteiger partial charge in [0.15, 0.2) is 0 Å². The second kappa shape index (κ2) is 9.28. The van der Waals surface area contributed by atoms with E-state index in [1.807, 2.05) is 54.6 Å². The summed E-state index contributed by atoms with van der Waals surface area (Å²) in [7, 11) is 0. The van der Waals surface area contributed by atoms with Crippen molar-refractivity contribution in [3.8, 4) is 11.1 Å². The van der Waals surface area contributed by atoms with Gasteiger partial charge >= 0.3 is 0 Å². The zero-order valence-corrected chi connectivity index (χ0v) is 17.6.